The van der Waals surface area contributed by atoms with Gasteiger partial charge in [-0.25, -0.2) is 4.98 Å². The molecule has 0 saturated carbocycles. The van der Waals surface area contributed by atoms with Gasteiger partial charge in [0.05, 0.1) is 26.4 Å². The first kappa shape index (κ1) is 26.6. The first-order chi connectivity index (χ1) is 18.2. The van der Waals surface area contributed by atoms with E-state index in [2.05, 4.69) is 45.1 Å². The van der Waals surface area contributed by atoms with Gasteiger partial charge < -0.3 is 29.5 Å². The topological polar surface area (TPSA) is 96.0 Å². The van der Waals surface area contributed by atoms with Crippen molar-refractivity contribution in [3.05, 3.63) is 29.8 Å². The number of morpholine rings is 2. The molecule has 0 atom stereocenters. The monoisotopic (exact) mass is 512 g/mol. The van der Waals surface area contributed by atoms with Gasteiger partial charge in [0.2, 0.25) is 0 Å². The van der Waals surface area contributed by atoms with Crippen molar-refractivity contribution in [2.45, 2.75) is 31.6 Å². The Morgan fingerprint density at radius 2 is 1.62 bits per heavy atom. The summed E-state index contributed by atoms with van der Waals surface area (Å²) in [5.41, 5.74) is 9.91. The number of nitrogens with zero attached hydrogens (tertiary/aromatic N) is 4. The Morgan fingerprint density at radius 3 is 2.30 bits per heavy atom. The van der Waals surface area contributed by atoms with Crippen molar-refractivity contribution in [2.75, 3.05) is 92.4 Å². The van der Waals surface area contributed by atoms with Crippen LogP contribution in [0.2, 0.25) is 0 Å². The summed E-state index contributed by atoms with van der Waals surface area (Å²) in [4.78, 5) is 15.6. The van der Waals surface area contributed by atoms with Crippen molar-refractivity contribution in [3.63, 3.8) is 0 Å². The Labute approximate surface area is 220 Å². The van der Waals surface area contributed by atoms with E-state index >= 15 is 0 Å². The number of fused-ring (bicyclic) bond motifs is 3. The van der Waals surface area contributed by atoms with Crippen molar-refractivity contribution in [1.82, 2.24) is 24.7 Å². The first-order valence-corrected chi connectivity index (χ1v) is 14.1. The fourth-order valence-corrected chi connectivity index (χ4v) is 5.65. The molecule has 0 unspecified atom stereocenters. The lowest BCUT2D eigenvalue weighted by Gasteiger charge is -2.28. The Balaban J connectivity index is 0.000000237. The minimum atomic E-state index is 0.606. The number of nitrogens with two attached hydrogens (primary N) is 1. The Morgan fingerprint density at radius 1 is 0.946 bits per heavy atom. The first-order valence-electron chi connectivity index (χ1n) is 14.1. The van der Waals surface area contributed by atoms with Crippen molar-refractivity contribution >= 4 is 22.0 Å². The van der Waals surface area contributed by atoms with E-state index < -0.39 is 0 Å². The van der Waals surface area contributed by atoms with E-state index in [9.17, 15) is 0 Å². The van der Waals surface area contributed by atoms with Crippen LogP contribution in [0.4, 0.5) is 0 Å². The van der Waals surface area contributed by atoms with Gasteiger partial charge in [-0.1, -0.05) is 0 Å². The molecular weight excluding hydrogens is 468 g/mol. The molecule has 1 aromatic carbocycles. The van der Waals surface area contributed by atoms with E-state index in [1.807, 2.05) is 0 Å². The molecule has 5 heterocycles. The van der Waals surface area contributed by atoms with Gasteiger partial charge in [-0.2, -0.15) is 0 Å². The maximum Gasteiger partial charge on any atom is 0.196 e. The number of H-pyrrole nitrogens is 1. The van der Waals surface area contributed by atoms with Crippen molar-refractivity contribution < 1.29 is 13.9 Å². The van der Waals surface area contributed by atoms with Gasteiger partial charge in [-0.05, 0) is 76.1 Å². The largest absolute Gasteiger partial charge is 0.441 e. The van der Waals surface area contributed by atoms with Crippen LogP contribution in [0.25, 0.3) is 22.0 Å². The van der Waals surface area contributed by atoms with Crippen molar-refractivity contribution in [3.8, 4) is 0 Å². The third-order valence-corrected chi connectivity index (χ3v) is 7.96. The van der Waals surface area contributed by atoms with E-state index in [1.165, 1.54) is 29.3 Å². The van der Waals surface area contributed by atoms with Gasteiger partial charge in [-0.15, -0.1) is 0 Å². The molecule has 204 valence electrons. The van der Waals surface area contributed by atoms with Crippen LogP contribution in [0.15, 0.2) is 22.7 Å². The number of piperidine rings is 1. The second-order valence-corrected chi connectivity index (χ2v) is 10.6. The van der Waals surface area contributed by atoms with E-state index in [0.29, 0.717) is 5.92 Å². The van der Waals surface area contributed by atoms with Crippen LogP contribution in [0.3, 0.4) is 0 Å². The van der Waals surface area contributed by atoms with Crippen LogP contribution in [-0.4, -0.2) is 117 Å². The molecule has 3 saturated heterocycles. The molecule has 9 nitrogen and oxygen atoms in total. The zero-order valence-electron chi connectivity index (χ0n) is 22.4. The Hall–Kier alpha value is -2.01. The average Bonchev–Trinajstić information content (AvgIpc) is 3.57. The molecule has 9 heteroatoms. The highest BCUT2D eigenvalue weighted by molar-refractivity contribution is 6.04. The number of likely N-dealkylation sites (tertiary alicyclic amines) is 1. The Bertz CT molecular complexity index is 1090. The molecule has 0 aliphatic carbocycles. The number of aromatic nitrogens is 2. The lowest BCUT2D eigenvalue weighted by molar-refractivity contribution is 0.0377. The van der Waals surface area contributed by atoms with Crippen LogP contribution < -0.4 is 5.73 Å². The summed E-state index contributed by atoms with van der Waals surface area (Å²) in [5.74, 6) is 1.45. The minimum Gasteiger partial charge on any atom is -0.441 e. The lowest BCUT2D eigenvalue weighted by atomic mass is 9.89. The SMILES string of the molecule is CN1CCC(c2c[nH]c3ccc4oc(CCN5CCOCC5)nc4c23)CC1.NCCCN1CCOCC1. The zero-order chi connectivity index (χ0) is 25.5. The second kappa shape index (κ2) is 13.2. The third-order valence-electron chi connectivity index (χ3n) is 7.96. The normalized spacial score (nSPS) is 20.9. The molecule has 0 spiro atoms. The number of ether oxygens (including phenoxy) is 2. The summed E-state index contributed by atoms with van der Waals surface area (Å²) in [5, 5.41) is 1.27. The maximum atomic E-state index is 6.10. The molecule has 6 rings (SSSR count). The Kier molecular flexibility index (Phi) is 9.47. The summed E-state index contributed by atoms with van der Waals surface area (Å²) in [7, 11) is 2.21. The van der Waals surface area contributed by atoms with Gasteiger partial charge in [0.25, 0.3) is 0 Å². The molecular formula is C28H44N6O3. The third kappa shape index (κ3) is 6.90. The highest BCUT2D eigenvalue weighted by Crippen LogP contribution is 2.36. The maximum absolute atomic E-state index is 6.10. The molecule has 2 aromatic heterocycles. The molecule has 0 bridgehead atoms. The summed E-state index contributed by atoms with van der Waals surface area (Å²) in [6, 6.07) is 4.19. The molecule has 3 aliphatic heterocycles. The molecule has 3 N–H and O–H groups in total. The number of nitrogens with one attached hydrogen (secondary N) is 1. The van der Waals surface area contributed by atoms with E-state index in [4.69, 9.17) is 24.6 Å². The van der Waals surface area contributed by atoms with Crippen LogP contribution in [0.1, 0.15) is 36.6 Å². The number of aromatic amines is 1. The molecule has 0 amide bonds. The van der Waals surface area contributed by atoms with Gasteiger partial charge >= 0.3 is 0 Å². The predicted molar refractivity (Wildman–Crippen MR) is 147 cm³/mol. The number of oxazole rings is 1. The average molecular weight is 513 g/mol. The standard InChI is InChI=1S/C21H28N4O2.C7H16N2O/c1-24-7-4-15(5-8-24)16-14-22-17-2-3-18-21(20(16)17)23-19(27-18)6-9-25-10-12-26-13-11-25;8-2-1-3-9-4-6-10-7-5-9/h2-3,14-15,22H,4-13H2,1H3;1-8H2. The van der Waals surface area contributed by atoms with Gasteiger partial charge in [0, 0.05) is 56.2 Å². The van der Waals surface area contributed by atoms with Crippen LogP contribution >= 0.6 is 0 Å². The van der Waals surface area contributed by atoms with Crippen LogP contribution in [0.5, 0.6) is 0 Å². The zero-order valence-corrected chi connectivity index (χ0v) is 22.4. The quantitative estimate of drug-likeness (QED) is 0.499. The summed E-state index contributed by atoms with van der Waals surface area (Å²) >= 11 is 0. The van der Waals surface area contributed by atoms with Gasteiger partial charge in [0.1, 0.15) is 5.52 Å². The molecule has 0 radical (unpaired) electrons. The molecule has 3 aliphatic rings. The van der Waals surface area contributed by atoms with E-state index in [-0.39, 0.29) is 0 Å². The van der Waals surface area contributed by atoms with E-state index in [1.54, 1.807) is 0 Å². The van der Waals surface area contributed by atoms with E-state index in [0.717, 1.165) is 115 Å². The summed E-state index contributed by atoms with van der Waals surface area (Å²) in [6.45, 7) is 12.9. The molecule has 3 aromatic rings. The fraction of sp³-hybridized carbons (Fsp3) is 0.679. The van der Waals surface area contributed by atoms with Crippen molar-refractivity contribution in [1.29, 1.82) is 0 Å². The number of benzene rings is 1. The molecule has 37 heavy (non-hydrogen) atoms. The van der Waals surface area contributed by atoms with Crippen LogP contribution in [-0.2, 0) is 15.9 Å². The minimum absolute atomic E-state index is 0.606. The molecule has 3 fully saturated rings. The number of hydrogen-bond acceptors (Lipinski definition) is 8. The number of hydrogen-bond donors (Lipinski definition) is 2. The van der Waals surface area contributed by atoms with Gasteiger partial charge in [0.15, 0.2) is 11.5 Å². The predicted octanol–water partition coefficient (Wildman–Crippen LogP) is 2.66. The number of rotatable bonds is 7. The van der Waals surface area contributed by atoms with Crippen LogP contribution in [0, 0.1) is 0 Å². The van der Waals surface area contributed by atoms with Gasteiger partial charge in [-0.3, -0.25) is 9.80 Å². The highest BCUT2D eigenvalue weighted by Gasteiger charge is 2.23. The fourth-order valence-electron chi connectivity index (χ4n) is 5.65. The summed E-state index contributed by atoms with van der Waals surface area (Å²) < 4.78 is 16.7. The van der Waals surface area contributed by atoms with Crippen molar-refractivity contribution in [2.24, 2.45) is 5.73 Å². The second-order valence-electron chi connectivity index (χ2n) is 10.6. The lowest BCUT2D eigenvalue weighted by Crippen LogP contribution is -2.37. The smallest absolute Gasteiger partial charge is 0.196 e. The summed E-state index contributed by atoms with van der Waals surface area (Å²) in [6.07, 6.45) is 6.58. The highest BCUT2D eigenvalue weighted by atomic mass is 16.5.